The molecule has 3 rings (SSSR count). The lowest BCUT2D eigenvalue weighted by Gasteiger charge is -2.22. The summed E-state index contributed by atoms with van der Waals surface area (Å²) in [5, 5.41) is 5.93. The van der Waals surface area contributed by atoms with Gasteiger partial charge in [0.25, 0.3) is 5.91 Å². The summed E-state index contributed by atoms with van der Waals surface area (Å²) in [5.74, 6) is -0.876. The van der Waals surface area contributed by atoms with Crippen molar-refractivity contribution in [1.29, 1.82) is 0 Å². The van der Waals surface area contributed by atoms with Crippen molar-refractivity contribution in [2.75, 3.05) is 5.32 Å². The summed E-state index contributed by atoms with van der Waals surface area (Å²) in [6.07, 6.45) is 0. The molecule has 0 aliphatic carbocycles. The lowest BCUT2D eigenvalue weighted by atomic mass is 9.90. The molecule has 0 bridgehead atoms. The summed E-state index contributed by atoms with van der Waals surface area (Å²) in [5.41, 5.74) is 2.36. The maximum Gasteiger partial charge on any atom is 0.253 e. The fraction of sp³-hybridized carbons (Fsp3) is 0.200. The van der Waals surface area contributed by atoms with Gasteiger partial charge in [0.1, 0.15) is 0 Å². The number of hydrogen-bond donors (Lipinski definition) is 2. The van der Waals surface area contributed by atoms with Gasteiger partial charge in [-0.05, 0) is 44.0 Å². The van der Waals surface area contributed by atoms with Crippen LogP contribution in [0.2, 0.25) is 0 Å². The first kappa shape index (κ1) is 20.3. The molecule has 0 saturated carbocycles. The average molecular weight is 386 g/mol. The van der Waals surface area contributed by atoms with E-state index in [1.807, 2.05) is 87.5 Å². The summed E-state index contributed by atoms with van der Waals surface area (Å²) in [4.78, 5) is 26.0. The molecule has 0 radical (unpaired) electrons. The predicted molar refractivity (Wildman–Crippen MR) is 117 cm³/mol. The molecule has 0 saturated heterocycles. The molecule has 0 heterocycles. The second kappa shape index (κ2) is 8.74. The fourth-order valence-corrected chi connectivity index (χ4v) is 3.19. The third kappa shape index (κ3) is 5.32. The largest absolute Gasteiger partial charge is 0.347 e. The molecule has 0 unspecified atom stereocenters. The maximum absolute atomic E-state index is 13.3. The summed E-state index contributed by atoms with van der Waals surface area (Å²) in [7, 11) is 0. The van der Waals surface area contributed by atoms with Crippen molar-refractivity contribution in [2.45, 2.75) is 32.2 Å². The Morgan fingerprint density at radius 3 is 1.72 bits per heavy atom. The molecule has 3 aromatic carbocycles. The van der Waals surface area contributed by atoms with Crippen LogP contribution >= 0.6 is 0 Å². The zero-order chi connectivity index (χ0) is 20.9. The molecule has 0 aliphatic rings. The first-order valence-electron chi connectivity index (χ1n) is 9.67. The molecule has 0 aliphatic heterocycles. The normalized spacial score (nSPS) is 11.2. The van der Waals surface area contributed by atoms with Crippen LogP contribution in [0.5, 0.6) is 0 Å². The number of rotatable bonds is 5. The zero-order valence-corrected chi connectivity index (χ0v) is 17.0. The fourth-order valence-electron chi connectivity index (χ4n) is 3.19. The third-order valence-corrected chi connectivity index (χ3v) is 4.45. The van der Waals surface area contributed by atoms with E-state index in [1.165, 1.54) is 0 Å². The van der Waals surface area contributed by atoms with Crippen LogP contribution in [0.4, 0.5) is 5.69 Å². The molecule has 2 N–H and O–H groups in total. The topological polar surface area (TPSA) is 58.2 Å². The van der Waals surface area contributed by atoms with Crippen LogP contribution < -0.4 is 10.6 Å². The van der Waals surface area contributed by atoms with Crippen LogP contribution in [0.3, 0.4) is 0 Å². The highest BCUT2D eigenvalue weighted by Crippen LogP contribution is 2.27. The van der Waals surface area contributed by atoms with Crippen LogP contribution in [-0.4, -0.2) is 17.4 Å². The quantitative estimate of drug-likeness (QED) is 0.649. The van der Waals surface area contributed by atoms with Crippen molar-refractivity contribution in [3.05, 3.63) is 102 Å². The van der Waals surface area contributed by atoms with E-state index in [-0.39, 0.29) is 17.4 Å². The van der Waals surface area contributed by atoms with Crippen LogP contribution in [0.15, 0.2) is 84.9 Å². The van der Waals surface area contributed by atoms with Gasteiger partial charge < -0.3 is 10.6 Å². The highest BCUT2D eigenvalue weighted by molar-refractivity contribution is 6.06. The van der Waals surface area contributed by atoms with E-state index in [1.54, 1.807) is 18.2 Å². The molecule has 0 spiro atoms. The number of benzene rings is 3. The summed E-state index contributed by atoms with van der Waals surface area (Å²) >= 11 is 0. The lowest BCUT2D eigenvalue weighted by molar-refractivity contribution is -0.116. The first-order chi connectivity index (χ1) is 13.8. The molecular formula is C25H26N2O2. The van der Waals surface area contributed by atoms with Gasteiger partial charge in [0.2, 0.25) is 5.91 Å². The van der Waals surface area contributed by atoms with Crippen molar-refractivity contribution in [1.82, 2.24) is 5.32 Å². The minimum absolute atomic E-state index is 0.182. The van der Waals surface area contributed by atoms with Gasteiger partial charge in [0.05, 0.1) is 17.2 Å². The number of carbonyl (C=O) groups excluding carboxylic acids is 2. The van der Waals surface area contributed by atoms with E-state index in [0.717, 1.165) is 11.1 Å². The smallest absolute Gasteiger partial charge is 0.253 e. The molecule has 148 valence electrons. The Labute approximate surface area is 172 Å². The van der Waals surface area contributed by atoms with Crippen molar-refractivity contribution in [3.8, 4) is 0 Å². The summed E-state index contributed by atoms with van der Waals surface area (Å²) < 4.78 is 0. The molecule has 0 atom stereocenters. The van der Waals surface area contributed by atoms with E-state index in [4.69, 9.17) is 0 Å². The van der Waals surface area contributed by atoms with Gasteiger partial charge in [0, 0.05) is 5.54 Å². The van der Waals surface area contributed by atoms with E-state index in [9.17, 15) is 9.59 Å². The van der Waals surface area contributed by atoms with Crippen LogP contribution in [0.1, 0.15) is 48.2 Å². The Morgan fingerprint density at radius 2 is 1.21 bits per heavy atom. The van der Waals surface area contributed by atoms with Gasteiger partial charge in [-0.3, -0.25) is 9.59 Å². The minimum atomic E-state index is -0.476. The first-order valence-corrected chi connectivity index (χ1v) is 9.67. The molecule has 4 heteroatoms. The predicted octanol–water partition coefficient (Wildman–Crippen LogP) is 4.99. The van der Waals surface area contributed by atoms with Crippen LogP contribution in [-0.2, 0) is 4.79 Å². The van der Waals surface area contributed by atoms with Gasteiger partial charge in [0.15, 0.2) is 0 Å². The van der Waals surface area contributed by atoms with Crippen molar-refractivity contribution in [2.24, 2.45) is 0 Å². The molecular weight excluding hydrogens is 360 g/mol. The molecule has 2 amide bonds. The Bertz CT molecular complexity index is 937. The van der Waals surface area contributed by atoms with Gasteiger partial charge in [-0.2, -0.15) is 0 Å². The summed E-state index contributed by atoms with van der Waals surface area (Å²) in [6.45, 7) is 5.77. The van der Waals surface area contributed by atoms with Gasteiger partial charge in [-0.15, -0.1) is 0 Å². The van der Waals surface area contributed by atoms with Gasteiger partial charge >= 0.3 is 0 Å². The monoisotopic (exact) mass is 386 g/mol. The zero-order valence-electron chi connectivity index (χ0n) is 17.0. The number of anilines is 1. The van der Waals surface area contributed by atoms with E-state index in [2.05, 4.69) is 10.6 Å². The SMILES string of the molecule is CC(C)(C)NC(=O)c1ccccc1NC(=O)C(c1ccccc1)c1ccccc1. The van der Waals surface area contributed by atoms with Crippen molar-refractivity contribution in [3.63, 3.8) is 0 Å². The average Bonchev–Trinajstić information content (AvgIpc) is 2.69. The molecule has 29 heavy (non-hydrogen) atoms. The second-order valence-corrected chi connectivity index (χ2v) is 7.99. The summed E-state index contributed by atoms with van der Waals surface area (Å²) in [6, 6.07) is 26.4. The van der Waals surface area contributed by atoms with E-state index < -0.39 is 5.92 Å². The standard InChI is InChI=1S/C25H26N2O2/c1-25(2,3)27-23(28)20-16-10-11-17-21(20)26-24(29)22(18-12-6-4-7-13-18)19-14-8-5-9-15-19/h4-17,22H,1-3H3,(H,26,29)(H,27,28). The number of carbonyl (C=O) groups is 2. The minimum Gasteiger partial charge on any atom is -0.347 e. The Kier molecular flexibility index (Phi) is 6.13. The Hall–Kier alpha value is -3.40. The van der Waals surface area contributed by atoms with Gasteiger partial charge in [-0.1, -0.05) is 72.8 Å². The third-order valence-electron chi connectivity index (χ3n) is 4.45. The highest BCUT2D eigenvalue weighted by atomic mass is 16.2. The highest BCUT2D eigenvalue weighted by Gasteiger charge is 2.24. The van der Waals surface area contributed by atoms with E-state index >= 15 is 0 Å². The van der Waals surface area contributed by atoms with Crippen molar-refractivity contribution < 1.29 is 9.59 Å². The maximum atomic E-state index is 13.3. The van der Waals surface area contributed by atoms with Crippen LogP contribution in [0, 0.1) is 0 Å². The number of amides is 2. The molecule has 0 fully saturated rings. The number of nitrogens with one attached hydrogen (secondary N) is 2. The molecule has 4 nitrogen and oxygen atoms in total. The van der Waals surface area contributed by atoms with Crippen LogP contribution in [0.25, 0.3) is 0 Å². The second-order valence-electron chi connectivity index (χ2n) is 7.99. The molecule has 0 aromatic heterocycles. The number of para-hydroxylation sites is 1. The van der Waals surface area contributed by atoms with Gasteiger partial charge in [-0.25, -0.2) is 0 Å². The molecule has 3 aromatic rings. The van der Waals surface area contributed by atoms with E-state index in [0.29, 0.717) is 11.3 Å². The Morgan fingerprint density at radius 1 is 0.724 bits per heavy atom. The number of hydrogen-bond acceptors (Lipinski definition) is 2. The lowest BCUT2D eigenvalue weighted by Crippen LogP contribution is -2.41. The van der Waals surface area contributed by atoms with Crippen molar-refractivity contribution >= 4 is 17.5 Å². The Balaban J connectivity index is 1.93.